The number of hydrogen-bond donors (Lipinski definition) is 1. The molecule has 0 aromatic heterocycles. The van der Waals surface area contributed by atoms with Crippen molar-refractivity contribution in [2.24, 2.45) is 5.10 Å². The van der Waals surface area contributed by atoms with Crippen molar-refractivity contribution in [1.29, 1.82) is 0 Å². The highest BCUT2D eigenvalue weighted by Gasteiger charge is 2.08. The molecular weight excluding hydrogens is 412 g/mol. The van der Waals surface area contributed by atoms with Crippen LogP contribution in [-0.4, -0.2) is 18.2 Å². The Morgan fingerprint density at radius 1 is 1.14 bits per heavy atom. The molecule has 0 atom stereocenters. The van der Waals surface area contributed by atoms with Gasteiger partial charge < -0.3 is 4.74 Å². The zero-order chi connectivity index (χ0) is 15.8. The second-order valence-corrected chi connectivity index (χ2v) is 7.11. The van der Waals surface area contributed by atoms with Gasteiger partial charge in [0, 0.05) is 10.2 Å². The summed E-state index contributed by atoms with van der Waals surface area (Å²) < 4.78 is 7.25. The highest BCUT2D eigenvalue weighted by atomic mass is 79.9. The van der Waals surface area contributed by atoms with Gasteiger partial charge in [-0.05, 0) is 59.8 Å². The van der Waals surface area contributed by atoms with Crippen LogP contribution in [0.2, 0.25) is 0 Å². The van der Waals surface area contributed by atoms with E-state index < -0.39 is 0 Å². The van der Waals surface area contributed by atoms with Gasteiger partial charge in [-0.25, -0.2) is 5.43 Å². The molecule has 1 aromatic carbocycles. The van der Waals surface area contributed by atoms with Crippen molar-refractivity contribution >= 4 is 43.5 Å². The molecule has 1 N–H and O–H groups in total. The van der Waals surface area contributed by atoms with Crippen LogP contribution in [0, 0.1) is 0 Å². The van der Waals surface area contributed by atoms with Crippen LogP contribution in [0.5, 0.6) is 5.75 Å². The summed E-state index contributed by atoms with van der Waals surface area (Å²) >= 11 is 6.78. The number of halogens is 2. The Hall–Kier alpha value is -0.880. The number of carbonyl (C=O) groups is 1. The lowest BCUT2D eigenvalue weighted by Crippen LogP contribution is -2.26. The smallest absolute Gasteiger partial charge is 0.277 e. The molecule has 0 radical (unpaired) electrons. The Kier molecular flexibility index (Phi) is 7.39. The van der Waals surface area contributed by atoms with Gasteiger partial charge >= 0.3 is 0 Å². The molecule has 22 heavy (non-hydrogen) atoms. The van der Waals surface area contributed by atoms with E-state index in [1.165, 1.54) is 19.3 Å². The van der Waals surface area contributed by atoms with Crippen LogP contribution >= 0.6 is 31.9 Å². The van der Waals surface area contributed by atoms with E-state index >= 15 is 0 Å². The Bertz CT molecular complexity index is 537. The lowest BCUT2D eigenvalue weighted by atomic mass is 9.99. The molecule has 0 unspecified atom stereocenters. The number of amides is 1. The first-order valence-corrected chi connectivity index (χ1v) is 9.16. The normalized spacial score (nSPS) is 15.6. The number of nitrogens with one attached hydrogen (secondary N) is 1. The van der Waals surface area contributed by atoms with Crippen LogP contribution in [0.3, 0.4) is 0 Å². The van der Waals surface area contributed by atoms with E-state index in [9.17, 15) is 4.79 Å². The van der Waals surface area contributed by atoms with E-state index in [1.54, 1.807) is 0 Å². The van der Waals surface area contributed by atoms with Crippen LogP contribution in [0.1, 0.15) is 44.9 Å². The average molecular weight is 432 g/mol. The summed E-state index contributed by atoms with van der Waals surface area (Å²) in [5.41, 5.74) is 3.70. The molecule has 4 nitrogen and oxygen atoms in total. The predicted molar refractivity (Wildman–Crippen MR) is 95.2 cm³/mol. The molecule has 1 fully saturated rings. The maximum atomic E-state index is 11.8. The number of hydrazone groups is 1. The Balaban J connectivity index is 1.79. The van der Waals surface area contributed by atoms with Gasteiger partial charge in [-0.3, -0.25) is 4.79 Å². The van der Waals surface area contributed by atoms with E-state index in [2.05, 4.69) is 42.4 Å². The van der Waals surface area contributed by atoms with Gasteiger partial charge in [0.25, 0.3) is 5.91 Å². The lowest BCUT2D eigenvalue weighted by Gasteiger charge is -2.11. The number of hydrogen-bond acceptors (Lipinski definition) is 3. The molecule has 0 aliphatic heterocycles. The number of nitrogens with zero attached hydrogens (tertiary/aromatic N) is 1. The van der Waals surface area contributed by atoms with Crippen molar-refractivity contribution in [3.63, 3.8) is 0 Å². The van der Waals surface area contributed by atoms with E-state index in [1.807, 2.05) is 18.2 Å². The molecule has 1 amide bonds. The third-order valence-electron chi connectivity index (χ3n) is 3.52. The van der Waals surface area contributed by atoms with Gasteiger partial charge in [0.2, 0.25) is 0 Å². The first kappa shape index (κ1) is 17.5. The lowest BCUT2D eigenvalue weighted by molar-refractivity contribution is -0.123. The fourth-order valence-corrected chi connectivity index (χ4v) is 3.50. The Morgan fingerprint density at radius 2 is 1.82 bits per heavy atom. The Labute approximate surface area is 148 Å². The molecule has 0 heterocycles. The molecule has 1 aromatic rings. The maximum absolute atomic E-state index is 11.8. The minimum Gasteiger partial charge on any atom is -0.483 e. The highest BCUT2D eigenvalue weighted by molar-refractivity contribution is 9.11. The Morgan fingerprint density at radius 3 is 2.50 bits per heavy atom. The van der Waals surface area contributed by atoms with Gasteiger partial charge in [-0.15, -0.1) is 0 Å². The summed E-state index contributed by atoms with van der Waals surface area (Å²) in [4.78, 5) is 11.8. The average Bonchev–Trinajstić information content (AvgIpc) is 2.45. The number of ether oxygens (including phenoxy) is 1. The van der Waals surface area contributed by atoms with Crippen LogP contribution in [0.15, 0.2) is 32.2 Å². The molecule has 1 aliphatic carbocycles. The van der Waals surface area contributed by atoms with Crippen molar-refractivity contribution in [3.8, 4) is 5.75 Å². The van der Waals surface area contributed by atoms with Crippen LogP contribution in [-0.2, 0) is 4.79 Å². The zero-order valence-corrected chi connectivity index (χ0v) is 15.6. The molecule has 1 aliphatic rings. The molecule has 6 heteroatoms. The topological polar surface area (TPSA) is 50.7 Å². The molecule has 0 saturated heterocycles. The summed E-state index contributed by atoms with van der Waals surface area (Å²) in [5.74, 6) is 0.404. The minimum absolute atomic E-state index is 0.0446. The van der Waals surface area contributed by atoms with Crippen molar-refractivity contribution in [2.75, 3.05) is 6.61 Å². The summed E-state index contributed by atoms with van der Waals surface area (Å²) in [5, 5.41) is 4.25. The number of carbonyl (C=O) groups excluding carboxylic acids is 1. The second-order valence-electron chi connectivity index (χ2n) is 5.34. The molecule has 2 rings (SSSR count). The second kappa shape index (κ2) is 9.30. The standard InChI is InChI=1S/C16H20Br2N2O2/c17-12-8-9-15(14(18)10-12)22-11-16(21)20-19-13-6-4-2-1-3-5-7-13/h8-10H,1-7,11H2,(H,20,21). The summed E-state index contributed by atoms with van der Waals surface area (Å²) in [6.07, 6.45) is 8.13. The molecular formula is C16H20Br2N2O2. The van der Waals surface area contributed by atoms with Crippen molar-refractivity contribution in [2.45, 2.75) is 44.9 Å². The van der Waals surface area contributed by atoms with Gasteiger partial charge in [0.05, 0.1) is 4.47 Å². The predicted octanol–water partition coefficient (Wildman–Crippen LogP) is 4.81. The highest BCUT2D eigenvalue weighted by Crippen LogP contribution is 2.28. The third-order valence-corrected chi connectivity index (χ3v) is 4.64. The molecule has 1 saturated carbocycles. The molecule has 0 bridgehead atoms. The first-order chi connectivity index (χ1) is 10.6. The van der Waals surface area contributed by atoms with E-state index in [0.717, 1.165) is 40.3 Å². The first-order valence-electron chi connectivity index (χ1n) is 7.57. The van der Waals surface area contributed by atoms with Crippen molar-refractivity contribution in [3.05, 3.63) is 27.1 Å². The molecule has 120 valence electrons. The van der Waals surface area contributed by atoms with Gasteiger partial charge in [0.15, 0.2) is 6.61 Å². The summed E-state index contributed by atoms with van der Waals surface area (Å²) in [6.45, 7) is -0.0446. The van der Waals surface area contributed by atoms with Crippen molar-refractivity contribution < 1.29 is 9.53 Å². The van der Waals surface area contributed by atoms with Crippen LogP contribution < -0.4 is 10.2 Å². The van der Waals surface area contributed by atoms with Gasteiger partial charge in [-0.2, -0.15) is 5.10 Å². The van der Waals surface area contributed by atoms with E-state index in [4.69, 9.17) is 4.74 Å². The van der Waals surface area contributed by atoms with E-state index in [-0.39, 0.29) is 12.5 Å². The van der Waals surface area contributed by atoms with Crippen LogP contribution in [0.25, 0.3) is 0 Å². The minimum atomic E-state index is -0.232. The fourth-order valence-electron chi connectivity index (χ4n) is 2.33. The van der Waals surface area contributed by atoms with E-state index in [0.29, 0.717) is 5.75 Å². The maximum Gasteiger partial charge on any atom is 0.277 e. The SMILES string of the molecule is O=C(COc1ccc(Br)cc1Br)NN=C1CCCCCCC1. The summed E-state index contributed by atoms with van der Waals surface area (Å²) in [6, 6.07) is 5.55. The largest absolute Gasteiger partial charge is 0.483 e. The van der Waals surface area contributed by atoms with Crippen LogP contribution in [0.4, 0.5) is 0 Å². The van der Waals surface area contributed by atoms with Gasteiger partial charge in [-0.1, -0.05) is 35.2 Å². The zero-order valence-electron chi connectivity index (χ0n) is 12.4. The quantitative estimate of drug-likeness (QED) is 0.695. The number of benzene rings is 1. The third kappa shape index (κ3) is 6.08. The monoisotopic (exact) mass is 430 g/mol. The van der Waals surface area contributed by atoms with Gasteiger partial charge in [0.1, 0.15) is 5.75 Å². The van der Waals surface area contributed by atoms with Crippen molar-refractivity contribution in [1.82, 2.24) is 5.43 Å². The fraction of sp³-hybridized carbons (Fsp3) is 0.500. The number of rotatable bonds is 4. The molecule has 0 spiro atoms. The summed E-state index contributed by atoms with van der Waals surface area (Å²) in [7, 11) is 0.